The molecule has 0 aromatic carbocycles. The summed E-state index contributed by atoms with van der Waals surface area (Å²) in [5, 5.41) is 0. The number of carbonyl (C=O) groups excluding carboxylic acids is 1. The first-order chi connectivity index (χ1) is 7.90. The molecule has 0 radical (unpaired) electrons. The van der Waals surface area contributed by atoms with Crippen molar-refractivity contribution in [2.75, 3.05) is 0 Å². The van der Waals surface area contributed by atoms with Crippen molar-refractivity contribution in [1.29, 1.82) is 0 Å². The van der Waals surface area contributed by atoms with Gasteiger partial charge in [0.2, 0.25) is 0 Å². The number of carbonyl (C=O) groups is 1. The Morgan fingerprint density at radius 2 is 1.71 bits per heavy atom. The molecule has 4 atom stereocenters. The number of ether oxygens (including phenoxy) is 1. The van der Waals surface area contributed by atoms with Crippen molar-refractivity contribution in [3.05, 3.63) is 0 Å². The summed E-state index contributed by atoms with van der Waals surface area (Å²) in [7, 11) is 0. The summed E-state index contributed by atoms with van der Waals surface area (Å²) in [6.45, 7) is 10.1. The van der Waals surface area contributed by atoms with Gasteiger partial charge in [-0.2, -0.15) is 0 Å². The van der Waals surface area contributed by atoms with Crippen LogP contribution in [0.1, 0.15) is 60.3 Å². The lowest BCUT2D eigenvalue weighted by atomic mass is 9.85. The quantitative estimate of drug-likeness (QED) is 0.681. The van der Waals surface area contributed by atoms with Crippen molar-refractivity contribution < 1.29 is 9.53 Å². The largest absolute Gasteiger partial charge is 0.463 e. The molecule has 2 aliphatic carbocycles. The lowest BCUT2D eigenvalue weighted by Gasteiger charge is -2.27. The van der Waals surface area contributed by atoms with Gasteiger partial charge in [0, 0.05) is 6.92 Å². The highest BCUT2D eigenvalue weighted by Gasteiger charge is 2.42. The van der Waals surface area contributed by atoms with Crippen LogP contribution in [0.25, 0.3) is 0 Å². The molecule has 2 heteroatoms. The first-order valence-corrected chi connectivity index (χ1v) is 7.07. The smallest absolute Gasteiger partial charge is 0.302 e. The predicted octanol–water partition coefficient (Wildman–Crippen LogP) is 4.04. The zero-order valence-electron chi connectivity index (χ0n) is 12.0. The Kier molecular flexibility index (Phi) is 5.48. The maximum absolute atomic E-state index is 10.8. The van der Waals surface area contributed by atoms with Crippen LogP contribution in [0.4, 0.5) is 0 Å². The van der Waals surface area contributed by atoms with E-state index >= 15 is 0 Å². The van der Waals surface area contributed by atoms with E-state index < -0.39 is 0 Å². The second-order valence-corrected chi connectivity index (χ2v) is 6.39. The summed E-state index contributed by atoms with van der Waals surface area (Å²) < 4.78 is 5.25. The van der Waals surface area contributed by atoms with Crippen molar-refractivity contribution in [3.8, 4) is 0 Å². The van der Waals surface area contributed by atoms with Gasteiger partial charge in [-0.1, -0.05) is 27.2 Å². The molecule has 2 aliphatic rings. The van der Waals surface area contributed by atoms with Gasteiger partial charge in [0.25, 0.3) is 0 Å². The number of rotatable bonds is 2. The lowest BCUT2D eigenvalue weighted by molar-refractivity contribution is -0.148. The maximum atomic E-state index is 10.8. The number of esters is 1. The van der Waals surface area contributed by atoms with Crippen LogP contribution < -0.4 is 0 Å². The molecular formula is C15H28O2. The standard InChI is InChI=1S/C11H18O2.C4H10/c1-7(13-8(2)12)11-6-9-3-4-10(11)5-9;1-4(2)3/h7,9-11H,3-6H2,1-2H3;4H,1-3H3. The van der Waals surface area contributed by atoms with Gasteiger partial charge in [-0.15, -0.1) is 0 Å². The van der Waals surface area contributed by atoms with E-state index in [1.165, 1.54) is 32.6 Å². The summed E-state index contributed by atoms with van der Waals surface area (Å²) in [6, 6.07) is 0. The van der Waals surface area contributed by atoms with E-state index in [1.54, 1.807) is 0 Å². The minimum absolute atomic E-state index is 0.129. The molecule has 2 rings (SSSR count). The van der Waals surface area contributed by atoms with Gasteiger partial charge in [0.05, 0.1) is 0 Å². The molecule has 0 aliphatic heterocycles. The molecule has 0 amide bonds. The van der Waals surface area contributed by atoms with Crippen molar-refractivity contribution in [3.63, 3.8) is 0 Å². The van der Waals surface area contributed by atoms with Gasteiger partial charge in [-0.25, -0.2) is 0 Å². The summed E-state index contributed by atoms with van der Waals surface area (Å²) >= 11 is 0. The van der Waals surface area contributed by atoms with Crippen LogP contribution in [0.5, 0.6) is 0 Å². The van der Waals surface area contributed by atoms with Gasteiger partial charge < -0.3 is 4.74 Å². The van der Waals surface area contributed by atoms with Crippen LogP contribution in [0.15, 0.2) is 0 Å². The molecule has 0 aromatic rings. The molecule has 2 fully saturated rings. The summed E-state index contributed by atoms with van der Waals surface area (Å²) in [4.78, 5) is 10.8. The third-order valence-corrected chi connectivity index (χ3v) is 3.75. The fraction of sp³-hybridized carbons (Fsp3) is 0.933. The molecule has 2 nitrogen and oxygen atoms in total. The summed E-state index contributed by atoms with van der Waals surface area (Å²) in [6.07, 6.45) is 5.59. The Labute approximate surface area is 106 Å². The van der Waals surface area contributed by atoms with E-state index in [9.17, 15) is 4.79 Å². The average molecular weight is 240 g/mol. The number of hydrogen-bond donors (Lipinski definition) is 0. The Hall–Kier alpha value is -0.530. The van der Waals surface area contributed by atoms with Gasteiger partial charge in [0.1, 0.15) is 6.10 Å². The van der Waals surface area contributed by atoms with Crippen molar-refractivity contribution >= 4 is 5.97 Å². The SMILES string of the molecule is CC(=O)OC(C)C1CC2CCC1C2.CC(C)C. The fourth-order valence-electron chi connectivity index (χ4n) is 3.22. The molecule has 4 unspecified atom stereocenters. The fourth-order valence-corrected chi connectivity index (χ4v) is 3.22. The van der Waals surface area contributed by atoms with E-state index in [1.807, 2.05) is 6.92 Å². The third kappa shape index (κ3) is 4.69. The Morgan fingerprint density at radius 3 is 2.06 bits per heavy atom. The minimum atomic E-state index is -0.129. The van der Waals surface area contributed by atoms with Crippen LogP contribution >= 0.6 is 0 Å². The number of hydrogen-bond acceptors (Lipinski definition) is 2. The lowest BCUT2D eigenvalue weighted by Crippen LogP contribution is -2.27. The molecule has 0 N–H and O–H groups in total. The van der Waals surface area contributed by atoms with E-state index in [2.05, 4.69) is 20.8 Å². The molecule has 2 bridgehead atoms. The molecule has 0 spiro atoms. The van der Waals surface area contributed by atoms with Gasteiger partial charge in [-0.05, 0) is 49.9 Å². The topological polar surface area (TPSA) is 26.3 Å². The molecule has 2 saturated carbocycles. The highest BCUT2D eigenvalue weighted by atomic mass is 16.5. The Morgan fingerprint density at radius 1 is 1.12 bits per heavy atom. The third-order valence-electron chi connectivity index (χ3n) is 3.75. The monoisotopic (exact) mass is 240 g/mol. The van der Waals surface area contributed by atoms with E-state index in [-0.39, 0.29) is 12.1 Å². The van der Waals surface area contributed by atoms with Crippen LogP contribution in [-0.2, 0) is 9.53 Å². The van der Waals surface area contributed by atoms with E-state index in [4.69, 9.17) is 4.74 Å². The Bertz CT molecular complexity index is 245. The highest BCUT2D eigenvalue weighted by Crippen LogP contribution is 2.49. The highest BCUT2D eigenvalue weighted by molar-refractivity contribution is 5.66. The van der Waals surface area contributed by atoms with Gasteiger partial charge >= 0.3 is 5.97 Å². The zero-order valence-corrected chi connectivity index (χ0v) is 12.0. The molecule has 0 heterocycles. The molecular weight excluding hydrogens is 212 g/mol. The van der Waals surface area contributed by atoms with Gasteiger partial charge in [0.15, 0.2) is 0 Å². The van der Waals surface area contributed by atoms with Crippen molar-refractivity contribution in [2.45, 2.75) is 66.4 Å². The van der Waals surface area contributed by atoms with Crippen molar-refractivity contribution in [2.24, 2.45) is 23.7 Å². The molecule has 17 heavy (non-hydrogen) atoms. The minimum Gasteiger partial charge on any atom is -0.463 e. The van der Waals surface area contributed by atoms with Crippen molar-refractivity contribution in [1.82, 2.24) is 0 Å². The van der Waals surface area contributed by atoms with Crippen LogP contribution in [-0.4, -0.2) is 12.1 Å². The van der Waals surface area contributed by atoms with Crippen LogP contribution in [0, 0.1) is 23.7 Å². The van der Waals surface area contributed by atoms with Crippen LogP contribution in [0.2, 0.25) is 0 Å². The number of fused-ring (bicyclic) bond motifs is 2. The second kappa shape index (κ2) is 6.42. The first-order valence-electron chi connectivity index (χ1n) is 7.07. The Balaban J connectivity index is 0.000000317. The average Bonchev–Trinajstić information content (AvgIpc) is 2.75. The molecule has 100 valence electrons. The molecule has 0 saturated heterocycles. The zero-order chi connectivity index (χ0) is 13.0. The predicted molar refractivity (Wildman–Crippen MR) is 70.7 cm³/mol. The van der Waals surface area contributed by atoms with Crippen LogP contribution in [0.3, 0.4) is 0 Å². The van der Waals surface area contributed by atoms with Gasteiger partial charge in [-0.3, -0.25) is 4.79 Å². The first kappa shape index (κ1) is 14.5. The summed E-state index contributed by atoms with van der Waals surface area (Å²) in [5.41, 5.74) is 0. The van der Waals surface area contributed by atoms with E-state index in [0.717, 1.165) is 17.8 Å². The maximum Gasteiger partial charge on any atom is 0.302 e. The normalized spacial score (nSPS) is 32.0. The second-order valence-electron chi connectivity index (χ2n) is 6.39. The van der Waals surface area contributed by atoms with E-state index in [0.29, 0.717) is 5.92 Å². The molecule has 0 aromatic heterocycles. The summed E-state index contributed by atoms with van der Waals surface area (Å²) in [5.74, 6) is 3.14.